The van der Waals surface area contributed by atoms with E-state index in [0.717, 1.165) is 37.9 Å². The standard InChI is InChI=1S/C21H33N3O2/c1-5-17-8-10-18(11-9-17)16(4)22-21(26)24-14-12-19(13-15-24)20(25)23(6-2)7-3/h8-11,16,19H,5-7,12-15H2,1-4H3,(H,22,26). The molecule has 1 aromatic rings. The van der Waals surface area contributed by atoms with Crippen LogP contribution < -0.4 is 5.32 Å². The Morgan fingerprint density at radius 1 is 1.12 bits per heavy atom. The fraction of sp³-hybridized carbons (Fsp3) is 0.619. The normalized spacial score (nSPS) is 16.2. The summed E-state index contributed by atoms with van der Waals surface area (Å²) in [7, 11) is 0. The summed E-state index contributed by atoms with van der Waals surface area (Å²) < 4.78 is 0. The van der Waals surface area contributed by atoms with Crippen LogP contribution in [-0.2, 0) is 11.2 Å². The monoisotopic (exact) mass is 359 g/mol. The first kappa shape index (κ1) is 20.3. The van der Waals surface area contributed by atoms with Crippen molar-refractivity contribution in [2.24, 2.45) is 5.92 Å². The lowest BCUT2D eigenvalue weighted by molar-refractivity contribution is -0.136. The van der Waals surface area contributed by atoms with Crippen LogP contribution in [0.15, 0.2) is 24.3 Å². The third-order valence-electron chi connectivity index (χ3n) is 5.43. The molecule has 0 radical (unpaired) electrons. The molecule has 5 nitrogen and oxygen atoms in total. The number of hydrogen-bond acceptors (Lipinski definition) is 2. The van der Waals surface area contributed by atoms with Gasteiger partial charge in [-0.2, -0.15) is 0 Å². The fourth-order valence-corrected chi connectivity index (χ4v) is 3.52. The molecule has 2 rings (SSSR count). The lowest BCUT2D eigenvalue weighted by Gasteiger charge is -2.34. The predicted molar refractivity (Wildman–Crippen MR) is 105 cm³/mol. The van der Waals surface area contributed by atoms with E-state index in [1.54, 1.807) is 0 Å². The molecule has 5 heteroatoms. The Hall–Kier alpha value is -2.04. The van der Waals surface area contributed by atoms with Crippen molar-refractivity contribution in [3.63, 3.8) is 0 Å². The van der Waals surface area contributed by atoms with Gasteiger partial charge in [0.25, 0.3) is 0 Å². The number of aryl methyl sites for hydroxylation is 1. The van der Waals surface area contributed by atoms with Crippen molar-refractivity contribution >= 4 is 11.9 Å². The van der Waals surface area contributed by atoms with Crippen molar-refractivity contribution < 1.29 is 9.59 Å². The Bertz CT molecular complexity index is 588. The topological polar surface area (TPSA) is 52.7 Å². The number of carbonyl (C=O) groups excluding carboxylic acids is 2. The highest BCUT2D eigenvalue weighted by atomic mass is 16.2. The van der Waals surface area contributed by atoms with Crippen LogP contribution in [0.1, 0.15) is 57.7 Å². The summed E-state index contributed by atoms with van der Waals surface area (Å²) in [6.45, 7) is 11.0. The van der Waals surface area contributed by atoms with Gasteiger partial charge in [-0.25, -0.2) is 4.79 Å². The van der Waals surface area contributed by atoms with Gasteiger partial charge in [-0.05, 0) is 51.2 Å². The number of hydrogen-bond donors (Lipinski definition) is 1. The van der Waals surface area contributed by atoms with Gasteiger partial charge < -0.3 is 15.1 Å². The van der Waals surface area contributed by atoms with Gasteiger partial charge in [0.05, 0.1) is 6.04 Å². The van der Waals surface area contributed by atoms with Crippen LogP contribution in [0.4, 0.5) is 4.79 Å². The third kappa shape index (κ3) is 4.99. The Morgan fingerprint density at radius 3 is 2.19 bits per heavy atom. The first-order valence-electron chi connectivity index (χ1n) is 9.93. The maximum Gasteiger partial charge on any atom is 0.317 e. The summed E-state index contributed by atoms with van der Waals surface area (Å²) in [6.07, 6.45) is 2.52. The van der Waals surface area contributed by atoms with E-state index in [4.69, 9.17) is 0 Å². The highest BCUT2D eigenvalue weighted by molar-refractivity contribution is 5.80. The third-order valence-corrected chi connectivity index (χ3v) is 5.43. The molecule has 1 aliphatic heterocycles. The fourth-order valence-electron chi connectivity index (χ4n) is 3.52. The number of urea groups is 1. The molecule has 0 bridgehead atoms. The van der Waals surface area contributed by atoms with E-state index < -0.39 is 0 Å². The zero-order chi connectivity index (χ0) is 19.1. The van der Waals surface area contributed by atoms with Crippen molar-refractivity contribution in [3.8, 4) is 0 Å². The molecular formula is C21H33N3O2. The van der Waals surface area contributed by atoms with E-state index in [1.807, 2.05) is 30.6 Å². The lowest BCUT2D eigenvalue weighted by Crippen LogP contribution is -2.48. The Balaban J connectivity index is 1.84. The second-order valence-electron chi connectivity index (χ2n) is 7.04. The van der Waals surface area contributed by atoms with Crippen molar-refractivity contribution in [2.45, 2.75) is 53.0 Å². The van der Waals surface area contributed by atoms with Crippen molar-refractivity contribution in [2.75, 3.05) is 26.2 Å². The van der Waals surface area contributed by atoms with Gasteiger partial charge in [0, 0.05) is 32.1 Å². The molecule has 1 unspecified atom stereocenters. The first-order chi connectivity index (χ1) is 12.5. The number of nitrogens with zero attached hydrogens (tertiary/aromatic N) is 2. The summed E-state index contributed by atoms with van der Waals surface area (Å²) >= 11 is 0. The first-order valence-corrected chi connectivity index (χ1v) is 9.93. The molecule has 1 saturated heterocycles. The van der Waals surface area contributed by atoms with Crippen LogP contribution in [0.5, 0.6) is 0 Å². The number of carbonyl (C=O) groups is 2. The zero-order valence-corrected chi connectivity index (χ0v) is 16.6. The van der Waals surface area contributed by atoms with Gasteiger partial charge in [-0.3, -0.25) is 4.79 Å². The van der Waals surface area contributed by atoms with E-state index in [0.29, 0.717) is 13.1 Å². The van der Waals surface area contributed by atoms with E-state index in [9.17, 15) is 9.59 Å². The molecule has 144 valence electrons. The van der Waals surface area contributed by atoms with Crippen molar-refractivity contribution in [1.29, 1.82) is 0 Å². The average Bonchev–Trinajstić information content (AvgIpc) is 2.68. The zero-order valence-electron chi connectivity index (χ0n) is 16.6. The van der Waals surface area contributed by atoms with Crippen molar-refractivity contribution in [1.82, 2.24) is 15.1 Å². The van der Waals surface area contributed by atoms with Gasteiger partial charge in [0.2, 0.25) is 5.91 Å². The molecule has 0 aromatic heterocycles. The van der Waals surface area contributed by atoms with E-state index in [-0.39, 0.29) is 23.9 Å². The van der Waals surface area contributed by atoms with Crippen molar-refractivity contribution in [3.05, 3.63) is 35.4 Å². The molecule has 1 N–H and O–H groups in total. The molecule has 1 fully saturated rings. The number of nitrogens with one attached hydrogen (secondary N) is 1. The maximum absolute atomic E-state index is 12.5. The quantitative estimate of drug-likeness (QED) is 0.844. The lowest BCUT2D eigenvalue weighted by atomic mass is 9.95. The number of rotatable bonds is 6. The van der Waals surface area contributed by atoms with E-state index in [2.05, 4.69) is 36.5 Å². The number of piperidine rings is 1. The van der Waals surface area contributed by atoms with E-state index >= 15 is 0 Å². The Labute approximate surface area is 157 Å². The van der Waals surface area contributed by atoms with E-state index in [1.165, 1.54) is 5.56 Å². The smallest absolute Gasteiger partial charge is 0.317 e. The molecule has 3 amide bonds. The van der Waals surface area contributed by atoms with Gasteiger partial charge in [0.15, 0.2) is 0 Å². The molecule has 1 aromatic carbocycles. The largest absolute Gasteiger partial charge is 0.343 e. The average molecular weight is 360 g/mol. The summed E-state index contributed by atoms with van der Waals surface area (Å²) in [6, 6.07) is 8.33. The summed E-state index contributed by atoms with van der Waals surface area (Å²) in [5.41, 5.74) is 2.41. The van der Waals surface area contributed by atoms with Crippen LogP contribution in [-0.4, -0.2) is 47.9 Å². The minimum absolute atomic E-state index is 0.0246. The summed E-state index contributed by atoms with van der Waals surface area (Å²) in [5, 5.41) is 3.08. The van der Waals surface area contributed by atoms with Gasteiger partial charge in [-0.15, -0.1) is 0 Å². The van der Waals surface area contributed by atoms with Gasteiger partial charge >= 0.3 is 6.03 Å². The van der Waals surface area contributed by atoms with Crippen LogP contribution in [0, 0.1) is 5.92 Å². The molecule has 26 heavy (non-hydrogen) atoms. The summed E-state index contributed by atoms with van der Waals surface area (Å²) in [5.74, 6) is 0.289. The minimum Gasteiger partial charge on any atom is -0.343 e. The van der Waals surface area contributed by atoms with Gasteiger partial charge in [-0.1, -0.05) is 31.2 Å². The van der Waals surface area contributed by atoms with Crippen LogP contribution in [0.2, 0.25) is 0 Å². The summed E-state index contributed by atoms with van der Waals surface area (Å²) in [4.78, 5) is 28.7. The number of likely N-dealkylation sites (tertiary alicyclic amines) is 1. The Kier molecular flexibility index (Phi) is 7.49. The second-order valence-corrected chi connectivity index (χ2v) is 7.04. The minimum atomic E-state index is -0.0363. The second kappa shape index (κ2) is 9.60. The molecule has 1 atom stereocenters. The SMILES string of the molecule is CCc1ccc(C(C)NC(=O)N2CCC(C(=O)N(CC)CC)CC2)cc1. The van der Waals surface area contributed by atoms with Crippen LogP contribution >= 0.6 is 0 Å². The number of benzene rings is 1. The molecule has 0 spiro atoms. The number of amides is 3. The molecule has 0 aliphatic carbocycles. The maximum atomic E-state index is 12.5. The molecule has 0 saturated carbocycles. The molecular weight excluding hydrogens is 326 g/mol. The highest BCUT2D eigenvalue weighted by Gasteiger charge is 2.29. The Morgan fingerprint density at radius 2 is 1.69 bits per heavy atom. The predicted octanol–water partition coefficient (Wildman–Crippen LogP) is 3.60. The van der Waals surface area contributed by atoms with Crippen LogP contribution in [0.25, 0.3) is 0 Å². The molecule has 1 heterocycles. The van der Waals surface area contributed by atoms with Gasteiger partial charge in [0.1, 0.15) is 0 Å². The molecule has 1 aliphatic rings. The van der Waals surface area contributed by atoms with Crippen LogP contribution in [0.3, 0.4) is 0 Å². The highest BCUT2D eigenvalue weighted by Crippen LogP contribution is 2.21.